The smallest absolute Gasteiger partial charge is 0.332 e. The third-order valence-corrected chi connectivity index (χ3v) is 5.29. The van der Waals surface area contributed by atoms with E-state index >= 15 is 0 Å². The highest BCUT2D eigenvalue weighted by atomic mass is 19.1. The number of carbonyl (C=O) groups is 2. The number of ether oxygens (including phenoxy) is 3. The van der Waals surface area contributed by atoms with Gasteiger partial charge in [0.2, 0.25) is 5.95 Å². The number of imidazole rings is 1. The number of methoxy groups -OCH3 is 1. The Bertz CT molecular complexity index is 1270. The molecule has 1 fully saturated rings. The number of nitrogens with zero attached hydrogens (tertiary/aromatic N) is 4. The van der Waals surface area contributed by atoms with Crippen molar-refractivity contribution in [2.75, 3.05) is 12.8 Å². The Morgan fingerprint density at radius 1 is 1.36 bits per heavy atom. The van der Waals surface area contributed by atoms with E-state index in [1.807, 2.05) is 0 Å². The van der Waals surface area contributed by atoms with Crippen LogP contribution in [0.1, 0.15) is 31.6 Å². The molecule has 0 bridgehead atoms. The van der Waals surface area contributed by atoms with Crippen LogP contribution in [-0.4, -0.2) is 50.4 Å². The molecular formula is C21H22FN5O6. The standard InChI is InChI=1S/C21H22FN5O6/c1-11(28)32-16-7-14(8-17(29)31-2)33-19(16)27-18-15(9-24-20(23)25-18)26(21(27)30)10-12-4-3-5-13(22)6-12/h3-6,9,14,16,19H,7-8,10H2,1-2H3,(H2,23,24,25)/t14-,16+,19+/m0/s1. The molecule has 1 aliphatic rings. The van der Waals surface area contributed by atoms with E-state index in [9.17, 15) is 18.8 Å². The van der Waals surface area contributed by atoms with Gasteiger partial charge in [-0.25, -0.2) is 18.7 Å². The molecule has 0 amide bonds. The first-order valence-corrected chi connectivity index (χ1v) is 10.1. The number of carbonyl (C=O) groups excluding carboxylic acids is 2. The van der Waals surface area contributed by atoms with Crippen molar-refractivity contribution in [2.24, 2.45) is 0 Å². The monoisotopic (exact) mass is 459 g/mol. The van der Waals surface area contributed by atoms with Crippen molar-refractivity contribution in [1.82, 2.24) is 19.1 Å². The van der Waals surface area contributed by atoms with Crippen molar-refractivity contribution < 1.29 is 28.2 Å². The topological polar surface area (TPSA) is 141 Å². The fourth-order valence-corrected chi connectivity index (χ4v) is 3.93. The Balaban J connectivity index is 1.80. The third kappa shape index (κ3) is 4.55. The minimum absolute atomic E-state index is 0.0317. The largest absolute Gasteiger partial charge is 0.469 e. The van der Waals surface area contributed by atoms with E-state index in [1.54, 1.807) is 6.07 Å². The van der Waals surface area contributed by atoms with Gasteiger partial charge in [0, 0.05) is 13.3 Å². The number of esters is 2. The van der Waals surface area contributed by atoms with Gasteiger partial charge in [-0.1, -0.05) is 12.1 Å². The average Bonchev–Trinajstić information content (AvgIpc) is 3.24. The van der Waals surface area contributed by atoms with Gasteiger partial charge in [-0.2, -0.15) is 4.98 Å². The average molecular weight is 459 g/mol. The van der Waals surface area contributed by atoms with Crippen molar-refractivity contribution in [2.45, 2.75) is 44.7 Å². The first-order chi connectivity index (χ1) is 15.8. The van der Waals surface area contributed by atoms with E-state index in [2.05, 4.69) is 9.97 Å². The molecule has 4 rings (SSSR count). The number of anilines is 1. The van der Waals surface area contributed by atoms with Crippen LogP contribution in [0.2, 0.25) is 0 Å². The molecular weight excluding hydrogens is 437 g/mol. The van der Waals surface area contributed by atoms with Crippen molar-refractivity contribution in [3.63, 3.8) is 0 Å². The van der Waals surface area contributed by atoms with E-state index in [1.165, 1.54) is 47.6 Å². The van der Waals surface area contributed by atoms with Crippen LogP contribution in [0.5, 0.6) is 0 Å². The highest BCUT2D eigenvalue weighted by Gasteiger charge is 2.42. The van der Waals surface area contributed by atoms with Gasteiger partial charge in [0.05, 0.1) is 32.4 Å². The van der Waals surface area contributed by atoms with Gasteiger partial charge in [0.25, 0.3) is 0 Å². The lowest BCUT2D eigenvalue weighted by Crippen LogP contribution is -2.34. The van der Waals surface area contributed by atoms with Crippen LogP contribution < -0.4 is 11.4 Å². The van der Waals surface area contributed by atoms with E-state index in [0.717, 1.165) is 0 Å². The first-order valence-electron chi connectivity index (χ1n) is 10.1. The quantitative estimate of drug-likeness (QED) is 0.537. The molecule has 3 heterocycles. The summed E-state index contributed by atoms with van der Waals surface area (Å²) in [5, 5.41) is 0. The summed E-state index contributed by atoms with van der Waals surface area (Å²) in [7, 11) is 1.25. The summed E-state index contributed by atoms with van der Waals surface area (Å²) in [5.74, 6) is -1.59. The van der Waals surface area contributed by atoms with Crippen molar-refractivity contribution in [3.05, 3.63) is 52.3 Å². The predicted molar refractivity (Wildman–Crippen MR) is 112 cm³/mol. The molecule has 0 spiro atoms. The van der Waals surface area contributed by atoms with Gasteiger partial charge in [-0.3, -0.25) is 14.2 Å². The second kappa shape index (κ2) is 8.98. The maximum absolute atomic E-state index is 13.7. The summed E-state index contributed by atoms with van der Waals surface area (Å²) in [4.78, 5) is 45.1. The Labute approximate surface area is 186 Å². The number of benzene rings is 1. The second-order valence-electron chi connectivity index (χ2n) is 7.62. The van der Waals surface area contributed by atoms with Crippen LogP contribution >= 0.6 is 0 Å². The zero-order chi connectivity index (χ0) is 23.7. The first kappa shape index (κ1) is 22.4. The normalized spacial score (nSPS) is 20.2. The fourth-order valence-electron chi connectivity index (χ4n) is 3.93. The zero-order valence-electron chi connectivity index (χ0n) is 17.9. The molecule has 0 saturated carbocycles. The molecule has 1 aliphatic heterocycles. The van der Waals surface area contributed by atoms with E-state index in [-0.39, 0.29) is 31.0 Å². The Morgan fingerprint density at radius 3 is 2.85 bits per heavy atom. The summed E-state index contributed by atoms with van der Waals surface area (Å²) < 4.78 is 32.3. The molecule has 174 valence electrons. The number of nitrogen functional groups attached to an aromatic ring is 1. The lowest BCUT2D eigenvalue weighted by atomic mass is 10.1. The number of rotatable bonds is 6. The van der Waals surface area contributed by atoms with Crippen LogP contribution in [0.3, 0.4) is 0 Å². The van der Waals surface area contributed by atoms with Crippen molar-refractivity contribution in [3.8, 4) is 0 Å². The molecule has 12 heteroatoms. The SMILES string of the molecule is COC(=O)C[C@@H]1C[C@@H](OC(C)=O)[C@H](n2c(=O)n(Cc3cccc(F)c3)c3cnc(N)nc32)O1. The fraction of sp³-hybridized carbons (Fsp3) is 0.381. The highest BCUT2D eigenvalue weighted by molar-refractivity contribution is 5.72. The lowest BCUT2D eigenvalue weighted by Gasteiger charge is -2.19. The molecule has 0 aliphatic carbocycles. The van der Waals surface area contributed by atoms with Crippen LogP contribution in [-0.2, 0) is 30.3 Å². The highest BCUT2D eigenvalue weighted by Crippen LogP contribution is 2.34. The van der Waals surface area contributed by atoms with E-state index in [0.29, 0.717) is 11.1 Å². The van der Waals surface area contributed by atoms with Gasteiger partial charge >= 0.3 is 17.6 Å². The Morgan fingerprint density at radius 2 is 2.15 bits per heavy atom. The second-order valence-corrected chi connectivity index (χ2v) is 7.62. The molecule has 3 aromatic rings. The third-order valence-electron chi connectivity index (χ3n) is 5.29. The Hall–Kier alpha value is -3.80. The number of hydrogen-bond acceptors (Lipinski definition) is 9. The van der Waals surface area contributed by atoms with Crippen LogP contribution in [0, 0.1) is 5.82 Å². The van der Waals surface area contributed by atoms with Crippen molar-refractivity contribution >= 4 is 29.1 Å². The molecule has 3 atom stereocenters. The van der Waals surface area contributed by atoms with E-state index < -0.39 is 41.9 Å². The molecule has 0 unspecified atom stereocenters. The molecule has 1 saturated heterocycles. The number of fused-ring (bicyclic) bond motifs is 1. The number of halogens is 1. The van der Waals surface area contributed by atoms with Crippen LogP contribution in [0.15, 0.2) is 35.3 Å². The van der Waals surface area contributed by atoms with Gasteiger partial charge < -0.3 is 19.9 Å². The molecule has 0 radical (unpaired) electrons. The minimum atomic E-state index is -1.07. The Kier molecular flexibility index (Phi) is 6.09. The minimum Gasteiger partial charge on any atom is -0.469 e. The summed E-state index contributed by atoms with van der Waals surface area (Å²) in [5.41, 5.74) is 6.25. The molecule has 2 aromatic heterocycles. The molecule has 33 heavy (non-hydrogen) atoms. The predicted octanol–water partition coefficient (Wildman–Crippen LogP) is 1.14. The number of hydrogen-bond donors (Lipinski definition) is 1. The van der Waals surface area contributed by atoms with Crippen LogP contribution in [0.25, 0.3) is 11.2 Å². The summed E-state index contributed by atoms with van der Waals surface area (Å²) in [6.07, 6.45) is -1.11. The molecule has 11 nitrogen and oxygen atoms in total. The van der Waals surface area contributed by atoms with Gasteiger partial charge in [-0.05, 0) is 17.7 Å². The van der Waals surface area contributed by atoms with Gasteiger partial charge in [0.1, 0.15) is 17.4 Å². The lowest BCUT2D eigenvalue weighted by molar-refractivity contribution is -0.153. The number of nitrogens with two attached hydrogens (primary N) is 1. The van der Waals surface area contributed by atoms with Gasteiger partial charge in [-0.15, -0.1) is 0 Å². The van der Waals surface area contributed by atoms with Crippen LogP contribution in [0.4, 0.5) is 10.3 Å². The van der Waals surface area contributed by atoms with Gasteiger partial charge in [0.15, 0.2) is 11.9 Å². The molecule has 1 aromatic carbocycles. The zero-order valence-corrected chi connectivity index (χ0v) is 17.9. The summed E-state index contributed by atoms with van der Waals surface area (Å²) >= 11 is 0. The molecule has 2 N–H and O–H groups in total. The maximum atomic E-state index is 13.7. The maximum Gasteiger partial charge on any atom is 0.332 e. The number of aromatic nitrogens is 4. The summed E-state index contributed by atoms with van der Waals surface area (Å²) in [6, 6.07) is 5.83. The van der Waals surface area contributed by atoms with E-state index in [4.69, 9.17) is 19.9 Å². The van der Waals surface area contributed by atoms with Crippen molar-refractivity contribution in [1.29, 1.82) is 0 Å². The summed E-state index contributed by atoms with van der Waals surface area (Å²) in [6.45, 7) is 1.27.